The largest absolute Gasteiger partial charge is 0.369 e. The summed E-state index contributed by atoms with van der Waals surface area (Å²) in [7, 11) is 0. The average molecular weight is 436 g/mol. The van der Waals surface area contributed by atoms with Crippen LogP contribution in [0.25, 0.3) is 0 Å². The normalized spacial score (nSPS) is 26.6. The van der Waals surface area contributed by atoms with Gasteiger partial charge in [-0.25, -0.2) is 0 Å². The van der Waals surface area contributed by atoms with Gasteiger partial charge in [0.1, 0.15) is 6.61 Å². The van der Waals surface area contributed by atoms with Crippen molar-refractivity contribution in [2.75, 3.05) is 52.4 Å². The molecule has 0 unspecified atom stereocenters. The van der Waals surface area contributed by atoms with E-state index in [0.29, 0.717) is 11.8 Å². The lowest BCUT2D eigenvalue weighted by Crippen LogP contribution is -2.52. The van der Waals surface area contributed by atoms with E-state index in [4.69, 9.17) is 4.74 Å². The molecule has 2 saturated heterocycles. The summed E-state index contributed by atoms with van der Waals surface area (Å²) >= 11 is 0. The van der Waals surface area contributed by atoms with Crippen molar-refractivity contribution < 1.29 is 14.3 Å². The molecule has 2 amide bonds. The Kier molecular flexibility index (Phi) is 9.20. The van der Waals surface area contributed by atoms with E-state index in [-0.39, 0.29) is 24.5 Å². The number of likely N-dealkylation sites (tertiary alicyclic amines) is 1. The van der Waals surface area contributed by atoms with Crippen LogP contribution >= 0.6 is 0 Å². The van der Waals surface area contributed by atoms with E-state index in [1.165, 1.54) is 12.8 Å². The van der Waals surface area contributed by atoms with E-state index < -0.39 is 0 Å². The number of nitrogens with zero attached hydrogens (tertiary/aromatic N) is 3. The van der Waals surface area contributed by atoms with Gasteiger partial charge in [0.15, 0.2) is 0 Å². The lowest BCUT2D eigenvalue weighted by molar-refractivity contribution is -0.139. The van der Waals surface area contributed by atoms with Crippen LogP contribution in [-0.2, 0) is 14.3 Å². The molecular formula is C25H45N3O3. The molecule has 6 nitrogen and oxygen atoms in total. The number of piperidine rings is 1. The number of carbonyl (C=O) groups is 2. The Labute approximate surface area is 189 Å². The first-order valence-corrected chi connectivity index (χ1v) is 12.7. The minimum atomic E-state index is 0.0992. The molecule has 0 aromatic heterocycles. The second kappa shape index (κ2) is 11.6. The summed E-state index contributed by atoms with van der Waals surface area (Å²) in [6, 6.07) is 0. The third-order valence-corrected chi connectivity index (χ3v) is 7.77. The number of piperazine rings is 1. The van der Waals surface area contributed by atoms with Crippen LogP contribution in [0, 0.1) is 23.7 Å². The molecule has 178 valence electrons. The Bertz CT molecular complexity index is 571. The maximum absolute atomic E-state index is 13.0. The van der Waals surface area contributed by atoms with Crippen LogP contribution in [0.1, 0.15) is 66.2 Å². The van der Waals surface area contributed by atoms with Crippen molar-refractivity contribution in [3.63, 3.8) is 0 Å². The summed E-state index contributed by atoms with van der Waals surface area (Å²) in [4.78, 5) is 31.8. The minimum absolute atomic E-state index is 0.0992. The highest BCUT2D eigenvalue weighted by Gasteiger charge is 2.32. The molecule has 3 aliphatic rings. The van der Waals surface area contributed by atoms with Gasteiger partial charge in [0.25, 0.3) is 0 Å². The topological polar surface area (TPSA) is 53.1 Å². The molecule has 0 N–H and O–H groups in total. The standard InChI is InChI=1S/C25H45N3O3/c1-19(2)22-5-7-23(8-6-22)25(30)28-15-13-26(14-16-28)17-21-9-11-27(12-10-21)24(29)18-31-20(3)4/h19-23H,5-18H2,1-4H3. The molecule has 0 aromatic carbocycles. The van der Waals surface area contributed by atoms with E-state index in [1.807, 2.05) is 18.7 Å². The van der Waals surface area contributed by atoms with Gasteiger partial charge in [0, 0.05) is 51.7 Å². The van der Waals surface area contributed by atoms with Gasteiger partial charge in [0.05, 0.1) is 6.10 Å². The van der Waals surface area contributed by atoms with E-state index in [9.17, 15) is 9.59 Å². The highest BCUT2D eigenvalue weighted by Crippen LogP contribution is 2.34. The van der Waals surface area contributed by atoms with Gasteiger partial charge in [-0.3, -0.25) is 14.5 Å². The summed E-state index contributed by atoms with van der Waals surface area (Å²) in [6.07, 6.45) is 6.86. The van der Waals surface area contributed by atoms with Gasteiger partial charge in [-0.05, 0) is 70.1 Å². The quantitative estimate of drug-likeness (QED) is 0.616. The molecular weight excluding hydrogens is 390 g/mol. The van der Waals surface area contributed by atoms with Crippen molar-refractivity contribution in [2.45, 2.75) is 72.3 Å². The highest BCUT2D eigenvalue weighted by molar-refractivity contribution is 5.79. The Hall–Kier alpha value is -1.14. The smallest absolute Gasteiger partial charge is 0.248 e. The van der Waals surface area contributed by atoms with Crippen molar-refractivity contribution >= 4 is 11.8 Å². The van der Waals surface area contributed by atoms with Gasteiger partial charge in [-0.2, -0.15) is 0 Å². The molecule has 0 spiro atoms. The van der Waals surface area contributed by atoms with Gasteiger partial charge in [0.2, 0.25) is 11.8 Å². The lowest BCUT2D eigenvalue weighted by atomic mass is 9.76. The van der Waals surface area contributed by atoms with Gasteiger partial charge < -0.3 is 14.5 Å². The van der Waals surface area contributed by atoms with E-state index >= 15 is 0 Å². The van der Waals surface area contributed by atoms with E-state index in [1.54, 1.807) is 0 Å². The maximum atomic E-state index is 13.0. The number of carbonyl (C=O) groups excluding carboxylic acids is 2. The second-order valence-corrected chi connectivity index (χ2v) is 10.7. The molecule has 2 heterocycles. The minimum Gasteiger partial charge on any atom is -0.369 e. The van der Waals surface area contributed by atoms with Crippen LogP contribution in [0.2, 0.25) is 0 Å². The number of ether oxygens (including phenoxy) is 1. The summed E-state index contributed by atoms with van der Waals surface area (Å²) in [5, 5.41) is 0. The fourth-order valence-corrected chi connectivity index (χ4v) is 5.50. The van der Waals surface area contributed by atoms with Crippen LogP contribution in [0.15, 0.2) is 0 Å². The first-order valence-electron chi connectivity index (χ1n) is 12.7. The monoisotopic (exact) mass is 435 g/mol. The Morgan fingerprint density at radius 1 is 0.806 bits per heavy atom. The first kappa shape index (κ1) is 24.5. The van der Waals surface area contributed by atoms with Crippen molar-refractivity contribution in [3.8, 4) is 0 Å². The fourth-order valence-electron chi connectivity index (χ4n) is 5.50. The van der Waals surface area contributed by atoms with E-state index in [0.717, 1.165) is 83.3 Å². The summed E-state index contributed by atoms with van der Waals surface area (Å²) in [5.74, 6) is 3.02. The third kappa shape index (κ3) is 7.18. The lowest BCUT2D eigenvalue weighted by Gasteiger charge is -2.40. The van der Waals surface area contributed by atoms with Crippen molar-refractivity contribution in [1.82, 2.24) is 14.7 Å². The van der Waals surface area contributed by atoms with Gasteiger partial charge in [-0.1, -0.05) is 13.8 Å². The van der Waals surface area contributed by atoms with Gasteiger partial charge in [-0.15, -0.1) is 0 Å². The predicted octanol–water partition coefficient (Wildman–Crippen LogP) is 3.26. The molecule has 0 bridgehead atoms. The van der Waals surface area contributed by atoms with Crippen molar-refractivity contribution in [3.05, 3.63) is 0 Å². The first-order chi connectivity index (χ1) is 14.8. The molecule has 0 aromatic rings. The SMILES string of the molecule is CC(C)OCC(=O)N1CCC(CN2CCN(C(=O)C3CCC(C(C)C)CC3)CC2)CC1. The molecule has 2 aliphatic heterocycles. The van der Waals surface area contributed by atoms with Crippen LogP contribution in [0.3, 0.4) is 0 Å². The predicted molar refractivity (Wildman–Crippen MR) is 124 cm³/mol. The van der Waals surface area contributed by atoms with Gasteiger partial charge >= 0.3 is 0 Å². The molecule has 6 heteroatoms. The Balaban J connectivity index is 1.33. The third-order valence-electron chi connectivity index (χ3n) is 7.77. The number of hydrogen-bond donors (Lipinski definition) is 0. The summed E-state index contributed by atoms with van der Waals surface area (Å²) in [5.41, 5.74) is 0. The second-order valence-electron chi connectivity index (χ2n) is 10.7. The summed E-state index contributed by atoms with van der Waals surface area (Å²) in [6.45, 7) is 15.3. The zero-order valence-corrected chi connectivity index (χ0v) is 20.4. The van der Waals surface area contributed by atoms with Crippen molar-refractivity contribution in [1.29, 1.82) is 0 Å². The van der Waals surface area contributed by atoms with E-state index in [2.05, 4.69) is 23.6 Å². The molecule has 1 saturated carbocycles. The fraction of sp³-hybridized carbons (Fsp3) is 0.920. The Morgan fingerprint density at radius 3 is 1.97 bits per heavy atom. The van der Waals surface area contributed by atoms with Crippen LogP contribution in [-0.4, -0.2) is 85.0 Å². The van der Waals surface area contributed by atoms with Crippen LogP contribution in [0.4, 0.5) is 0 Å². The molecule has 0 radical (unpaired) electrons. The number of hydrogen-bond acceptors (Lipinski definition) is 4. The van der Waals surface area contributed by atoms with Crippen LogP contribution < -0.4 is 0 Å². The molecule has 0 atom stereocenters. The maximum Gasteiger partial charge on any atom is 0.248 e. The molecule has 3 fully saturated rings. The summed E-state index contributed by atoms with van der Waals surface area (Å²) < 4.78 is 5.46. The number of amides is 2. The van der Waals surface area contributed by atoms with Crippen molar-refractivity contribution in [2.24, 2.45) is 23.7 Å². The molecule has 3 rings (SSSR count). The molecule has 1 aliphatic carbocycles. The van der Waals surface area contributed by atoms with Crippen LogP contribution in [0.5, 0.6) is 0 Å². The zero-order chi connectivity index (χ0) is 22.4. The average Bonchev–Trinajstić information content (AvgIpc) is 2.78. The molecule has 31 heavy (non-hydrogen) atoms. The zero-order valence-electron chi connectivity index (χ0n) is 20.4. The Morgan fingerprint density at radius 2 is 1.42 bits per heavy atom. The highest BCUT2D eigenvalue weighted by atomic mass is 16.5. The number of rotatable bonds is 7.